The van der Waals surface area contributed by atoms with Crippen molar-refractivity contribution in [2.75, 3.05) is 13.7 Å². The molecule has 0 rings (SSSR count). The largest absolute Gasteiger partial charge is 0.468 e. The maximum Gasteiger partial charge on any atom is 0.322 e. The van der Waals surface area contributed by atoms with Gasteiger partial charge in [-0.25, -0.2) is 0 Å². The monoisotopic (exact) mass is 158 g/mol. The summed E-state index contributed by atoms with van der Waals surface area (Å²) in [4.78, 5) is 10.9. The Balaban J connectivity index is 3.65. The first-order chi connectivity index (χ1) is 5.26. The standard InChI is InChI=1S/C8H16NO2/c1-4-6-9-7(5-2)8(10)11-3/h7,9H,1,4-6H2,2-3H3/q-1. The summed E-state index contributed by atoms with van der Waals surface area (Å²) in [5.74, 6) is -0.194. The molecule has 0 bridgehead atoms. The molecule has 0 aromatic rings. The highest BCUT2D eigenvalue weighted by molar-refractivity contribution is 5.75. The van der Waals surface area contributed by atoms with Crippen LogP contribution < -0.4 is 5.32 Å². The van der Waals surface area contributed by atoms with E-state index in [9.17, 15) is 4.79 Å². The molecule has 0 heterocycles. The van der Waals surface area contributed by atoms with Gasteiger partial charge in [-0.15, -0.1) is 0 Å². The zero-order chi connectivity index (χ0) is 8.69. The molecule has 11 heavy (non-hydrogen) atoms. The SMILES string of the molecule is [CH2-]CCNC(CC)C(=O)OC. The van der Waals surface area contributed by atoms with Crippen molar-refractivity contribution in [1.82, 2.24) is 5.32 Å². The molecule has 3 heteroatoms. The van der Waals surface area contributed by atoms with Crippen LogP contribution in [0.15, 0.2) is 0 Å². The fourth-order valence-corrected chi connectivity index (χ4v) is 0.813. The molecular weight excluding hydrogens is 142 g/mol. The Labute approximate surface area is 68.1 Å². The van der Waals surface area contributed by atoms with E-state index in [2.05, 4.69) is 17.0 Å². The molecule has 0 radical (unpaired) electrons. The number of carbonyl (C=O) groups excluding carboxylic acids is 1. The smallest absolute Gasteiger partial charge is 0.322 e. The minimum atomic E-state index is -0.194. The van der Waals surface area contributed by atoms with Gasteiger partial charge in [0.2, 0.25) is 0 Å². The van der Waals surface area contributed by atoms with Crippen molar-refractivity contribution in [3.05, 3.63) is 6.92 Å². The number of hydrogen-bond acceptors (Lipinski definition) is 3. The predicted octanol–water partition coefficient (Wildman–Crippen LogP) is 0.752. The van der Waals surface area contributed by atoms with Gasteiger partial charge in [-0.2, -0.15) is 6.42 Å². The molecule has 0 spiro atoms. The van der Waals surface area contributed by atoms with E-state index in [-0.39, 0.29) is 12.0 Å². The van der Waals surface area contributed by atoms with Crippen LogP contribution in [0.25, 0.3) is 0 Å². The van der Waals surface area contributed by atoms with Gasteiger partial charge in [0.05, 0.1) is 7.11 Å². The molecule has 1 atom stereocenters. The summed E-state index contributed by atoms with van der Waals surface area (Å²) in [7, 11) is 1.40. The fourth-order valence-electron chi connectivity index (χ4n) is 0.813. The van der Waals surface area contributed by atoms with E-state index >= 15 is 0 Å². The van der Waals surface area contributed by atoms with Crippen molar-refractivity contribution in [2.45, 2.75) is 25.8 Å². The average molecular weight is 158 g/mol. The third kappa shape index (κ3) is 3.98. The average Bonchev–Trinajstić information content (AvgIpc) is 2.05. The Kier molecular flexibility index (Phi) is 5.84. The molecule has 1 unspecified atom stereocenters. The van der Waals surface area contributed by atoms with E-state index in [1.807, 2.05) is 6.92 Å². The predicted molar refractivity (Wildman–Crippen MR) is 44.1 cm³/mol. The summed E-state index contributed by atoms with van der Waals surface area (Å²) < 4.78 is 4.58. The van der Waals surface area contributed by atoms with Gasteiger partial charge in [0.1, 0.15) is 6.04 Å². The molecule has 1 N–H and O–H groups in total. The molecule has 0 saturated carbocycles. The van der Waals surface area contributed by atoms with Crippen LogP contribution in [0.4, 0.5) is 0 Å². The Hall–Kier alpha value is -0.570. The lowest BCUT2D eigenvalue weighted by atomic mass is 10.2. The summed E-state index contributed by atoms with van der Waals surface area (Å²) in [5.41, 5.74) is 0. The summed E-state index contributed by atoms with van der Waals surface area (Å²) in [5, 5.41) is 3.03. The van der Waals surface area contributed by atoms with Gasteiger partial charge in [-0.05, 0) is 13.0 Å². The zero-order valence-electron chi connectivity index (χ0n) is 7.22. The molecule has 0 aromatic heterocycles. The maximum atomic E-state index is 10.9. The zero-order valence-corrected chi connectivity index (χ0v) is 7.22. The Bertz CT molecular complexity index is 115. The highest BCUT2D eigenvalue weighted by atomic mass is 16.5. The highest BCUT2D eigenvalue weighted by Gasteiger charge is 2.13. The topological polar surface area (TPSA) is 38.3 Å². The van der Waals surface area contributed by atoms with Crippen molar-refractivity contribution in [3.8, 4) is 0 Å². The van der Waals surface area contributed by atoms with E-state index < -0.39 is 0 Å². The van der Waals surface area contributed by atoms with Crippen molar-refractivity contribution < 1.29 is 9.53 Å². The van der Waals surface area contributed by atoms with Crippen LogP contribution >= 0.6 is 0 Å². The van der Waals surface area contributed by atoms with Crippen LogP contribution in [0, 0.1) is 6.92 Å². The van der Waals surface area contributed by atoms with E-state index in [1.165, 1.54) is 7.11 Å². The molecule has 0 amide bonds. The van der Waals surface area contributed by atoms with Gasteiger partial charge in [-0.1, -0.05) is 6.92 Å². The van der Waals surface area contributed by atoms with Crippen molar-refractivity contribution in [2.24, 2.45) is 0 Å². The molecule has 0 aromatic carbocycles. The molecule has 3 nitrogen and oxygen atoms in total. The van der Waals surface area contributed by atoms with Crippen LogP contribution in [0.5, 0.6) is 0 Å². The second-order valence-electron chi connectivity index (χ2n) is 2.29. The molecule has 0 saturated heterocycles. The molecule has 0 aliphatic carbocycles. The number of nitrogens with one attached hydrogen (secondary N) is 1. The van der Waals surface area contributed by atoms with Crippen LogP contribution in [0.1, 0.15) is 19.8 Å². The minimum Gasteiger partial charge on any atom is -0.468 e. The first-order valence-corrected chi connectivity index (χ1v) is 3.86. The lowest BCUT2D eigenvalue weighted by molar-refractivity contribution is -0.143. The van der Waals surface area contributed by atoms with E-state index in [0.717, 1.165) is 19.4 Å². The number of methoxy groups -OCH3 is 1. The van der Waals surface area contributed by atoms with Gasteiger partial charge in [0, 0.05) is 0 Å². The maximum absolute atomic E-state index is 10.9. The molecular formula is C8H16NO2-. The van der Waals surface area contributed by atoms with Gasteiger partial charge >= 0.3 is 5.97 Å². The van der Waals surface area contributed by atoms with E-state index in [0.29, 0.717) is 0 Å². The number of hydrogen-bond donors (Lipinski definition) is 1. The normalized spacial score (nSPS) is 12.6. The summed E-state index contributed by atoms with van der Waals surface area (Å²) >= 11 is 0. The van der Waals surface area contributed by atoms with Crippen LogP contribution in [-0.2, 0) is 9.53 Å². The highest BCUT2D eigenvalue weighted by Crippen LogP contribution is 1.93. The van der Waals surface area contributed by atoms with E-state index in [1.54, 1.807) is 0 Å². The second-order valence-corrected chi connectivity index (χ2v) is 2.29. The van der Waals surface area contributed by atoms with Crippen molar-refractivity contribution >= 4 is 5.97 Å². The van der Waals surface area contributed by atoms with Gasteiger partial charge < -0.3 is 17.0 Å². The lowest BCUT2D eigenvalue weighted by Crippen LogP contribution is -2.37. The minimum absolute atomic E-state index is 0.165. The molecule has 0 fully saturated rings. The quantitative estimate of drug-likeness (QED) is 0.474. The lowest BCUT2D eigenvalue weighted by Gasteiger charge is -2.14. The van der Waals surface area contributed by atoms with Gasteiger partial charge in [0.15, 0.2) is 0 Å². The molecule has 0 aliphatic rings. The van der Waals surface area contributed by atoms with Crippen molar-refractivity contribution in [3.63, 3.8) is 0 Å². The first-order valence-electron chi connectivity index (χ1n) is 3.86. The van der Waals surface area contributed by atoms with Crippen LogP contribution in [-0.4, -0.2) is 25.7 Å². The van der Waals surface area contributed by atoms with Crippen LogP contribution in [0.3, 0.4) is 0 Å². The molecule has 66 valence electrons. The Morgan fingerprint density at radius 3 is 2.73 bits per heavy atom. The summed E-state index contributed by atoms with van der Waals surface area (Å²) in [6.07, 6.45) is 1.54. The second kappa shape index (κ2) is 6.16. The van der Waals surface area contributed by atoms with E-state index in [4.69, 9.17) is 0 Å². The number of carbonyl (C=O) groups is 1. The number of rotatable bonds is 5. The first kappa shape index (κ1) is 10.4. The summed E-state index contributed by atoms with van der Waals surface area (Å²) in [6, 6.07) is -0.165. The van der Waals surface area contributed by atoms with Crippen molar-refractivity contribution in [1.29, 1.82) is 0 Å². The third-order valence-corrected chi connectivity index (χ3v) is 1.46. The molecule has 0 aliphatic heterocycles. The summed E-state index contributed by atoms with van der Waals surface area (Å²) in [6.45, 7) is 6.36. The van der Waals surface area contributed by atoms with Gasteiger partial charge in [0.25, 0.3) is 0 Å². The van der Waals surface area contributed by atoms with Crippen LogP contribution in [0.2, 0.25) is 0 Å². The number of ether oxygens (including phenoxy) is 1. The third-order valence-electron chi connectivity index (χ3n) is 1.46. The van der Waals surface area contributed by atoms with Gasteiger partial charge in [-0.3, -0.25) is 4.79 Å². The Morgan fingerprint density at radius 1 is 1.73 bits per heavy atom. The Morgan fingerprint density at radius 2 is 2.36 bits per heavy atom. The number of esters is 1. The fraction of sp³-hybridized carbons (Fsp3) is 0.750.